The molecule has 4 amide bonds. The number of benzene rings is 2. The van der Waals surface area contributed by atoms with Crippen LogP contribution in [0, 0.1) is 0 Å². The summed E-state index contributed by atoms with van der Waals surface area (Å²) in [5.41, 5.74) is 1.54. The number of carbonyl (C=O) groups excluding carboxylic acids is 4. The Balaban J connectivity index is 1.62. The first-order valence-electron chi connectivity index (χ1n) is 12.2. The number of ether oxygens (including phenoxy) is 1. The molecule has 2 heterocycles. The van der Waals surface area contributed by atoms with Gasteiger partial charge < -0.3 is 20.5 Å². The van der Waals surface area contributed by atoms with E-state index < -0.39 is 35.8 Å². The second-order valence-electron chi connectivity index (χ2n) is 8.68. The predicted octanol–water partition coefficient (Wildman–Crippen LogP) is 3.51. The molecule has 3 aromatic rings. The van der Waals surface area contributed by atoms with E-state index in [-0.39, 0.29) is 36.2 Å². The second-order valence-corrected chi connectivity index (χ2v) is 9.54. The van der Waals surface area contributed by atoms with Crippen LogP contribution in [0.5, 0.6) is 5.75 Å². The lowest BCUT2D eigenvalue weighted by molar-refractivity contribution is -0.134. The fourth-order valence-electron chi connectivity index (χ4n) is 4.23. The number of Topliss-reactive ketones (excluding diaryl/α,β-unsaturated/α-hetero) is 1. The van der Waals surface area contributed by atoms with Crippen LogP contribution >= 0.6 is 11.3 Å². The molecule has 38 heavy (non-hydrogen) atoms. The minimum atomic E-state index is -1.18. The van der Waals surface area contributed by atoms with Gasteiger partial charge in [0.15, 0.2) is 10.9 Å². The lowest BCUT2D eigenvalue weighted by Crippen LogP contribution is -2.50. The zero-order valence-corrected chi connectivity index (χ0v) is 21.7. The molecule has 1 fully saturated rings. The SMILES string of the molecule is CCC(=O)c1csc(NC(=O)[C@H]([C@@H](C)c2ccccc2)N2C(=O)N[C@@H](c3ccc(OCCO)cc3)C2=O)n1. The van der Waals surface area contributed by atoms with Crippen molar-refractivity contribution in [2.45, 2.75) is 38.3 Å². The maximum absolute atomic E-state index is 13.6. The molecule has 0 saturated carbocycles. The van der Waals surface area contributed by atoms with E-state index in [1.165, 1.54) is 0 Å². The van der Waals surface area contributed by atoms with Gasteiger partial charge in [-0.25, -0.2) is 14.7 Å². The summed E-state index contributed by atoms with van der Waals surface area (Å²) >= 11 is 1.10. The summed E-state index contributed by atoms with van der Waals surface area (Å²) in [7, 11) is 0. The van der Waals surface area contributed by atoms with Gasteiger partial charge in [-0.2, -0.15) is 0 Å². The Morgan fingerprint density at radius 2 is 1.87 bits per heavy atom. The third-order valence-electron chi connectivity index (χ3n) is 6.23. The smallest absolute Gasteiger partial charge is 0.325 e. The van der Waals surface area contributed by atoms with E-state index in [9.17, 15) is 19.2 Å². The summed E-state index contributed by atoms with van der Waals surface area (Å²) in [5, 5.41) is 16.1. The average Bonchev–Trinajstić information content (AvgIpc) is 3.52. The summed E-state index contributed by atoms with van der Waals surface area (Å²) in [5.74, 6) is -1.35. The van der Waals surface area contributed by atoms with Gasteiger partial charge in [0.05, 0.1) is 6.61 Å². The molecule has 2 aromatic carbocycles. The normalized spacial score (nSPS) is 16.6. The van der Waals surface area contributed by atoms with Crippen molar-refractivity contribution in [3.63, 3.8) is 0 Å². The van der Waals surface area contributed by atoms with Gasteiger partial charge in [-0.3, -0.25) is 14.4 Å². The third-order valence-corrected chi connectivity index (χ3v) is 6.99. The van der Waals surface area contributed by atoms with Gasteiger partial charge in [0.2, 0.25) is 5.91 Å². The van der Waals surface area contributed by atoms with Crippen LogP contribution in [0.4, 0.5) is 9.93 Å². The molecule has 4 rings (SSSR count). The standard InChI is InChI=1S/C27H28N4O6S/c1-3-21(33)20-15-38-26(28-20)30-24(34)23(16(2)17-7-5-4-6-8-17)31-25(35)22(29-27(31)36)18-9-11-19(12-10-18)37-14-13-32/h4-12,15-16,22-23,32H,3,13-14H2,1-2H3,(H,29,36)(H,28,30,34)/t16-,22-,23-/m0/s1. The van der Waals surface area contributed by atoms with E-state index in [4.69, 9.17) is 9.84 Å². The lowest BCUT2D eigenvalue weighted by Gasteiger charge is -2.29. The summed E-state index contributed by atoms with van der Waals surface area (Å²) in [6.07, 6.45) is 0.281. The van der Waals surface area contributed by atoms with Crippen LogP contribution in [0.25, 0.3) is 0 Å². The molecule has 0 aliphatic carbocycles. The fourth-order valence-corrected chi connectivity index (χ4v) is 4.95. The Morgan fingerprint density at radius 1 is 1.16 bits per heavy atom. The molecule has 0 radical (unpaired) electrons. The van der Waals surface area contributed by atoms with Crippen LogP contribution in [0.3, 0.4) is 0 Å². The molecule has 3 atom stereocenters. The number of anilines is 1. The van der Waals surface area contributed by atoms with E-state index in [2.05, 4.69) is 15.6 Å². The summed E-state index contributed by atoms with van der Waals surface area (Å²) in [4.78, 5) is 57.5. The van der Waals surface area contributed by atoms with Crippen LogP contribution in [-0.2, 0) is 9.59 Å². The number of urea groups is 1. The van der Waals surface area contributed by atoms with Gasteiger partial charge in [0.1, 0.15) is 30.1 Å². The molecule has 0 bridgehead atoms. The number of nitrogens with one attached hydrogen (secondary N) is 2. The van der Waals surface area contributed by atoms with Crippen LogP contribution in [-0.4, -0.2) is 57.9 Å². The summed E-state index contributed by atoms with van der Waals surface area (Å²) in [6, 6.07) is 12.8. The van der Waals surface area contributed by atoms with Crippen molar-refractivity contribution in [1.29, 1.82) is 0 Å². The van der Waals surface area contributed by atoms with E-state index in [0.717, 1.165) is 21.8 Å². The molecule has 3 N–H and O–H groups in total. The Bertz CT molecular complexity index is 1310. The largest absolute Gasteiger partial charge is 0.491 e. The molecule has 1 aromatic heterocycles. The van der Waals surface area contributed by atoms with Crippen LogP contribution in [0.1, 0.15) is 53.8 Å². The van der Waals surface area contributed by atoms with Crippen molar-refractivity contribution in [2.24, 2.45) is 0 Å². The molecular formula is C27H28N4O6S. The highest BCUT2D eigenvalue weighted by Gasteiger charge is 2.47. The van der Waals surface area contributed by atoms with Crippen molar-refractivity contribution >= 4 is 40.1 Å². The van der Waals surface area contributed by atoms with Crippen molar-refractivity contribution < 1.29 is 29.0 Å². The monoisotopic (exact) mass is 536 g/mol. The molecule has 1 aliphatic rings. The molecule has 198 valence electrons. The quantitative estimate of drug-likeness (QED) is 0.252. The van der Waals surface area contributed by atoms with E-state index in [1.54, 1.807) is 43.5 Å². The first-order valence-corrected chi connectivity index (χ1v) is 13.0. The second kappa shape index (κ2) is 12.0. The van der Waals surface area contributed by atoms with Gasteiger partial charge in [-0.15, -0.1) is 11.3 Å². The van der Waals surface area contributed by atoms with Gasteiger partial charge in [-0.1, -0.05) is 56.3 Å². The molecule has 11 heteroatoms. The van der Waals surface area contributed by atoms with Crippen LogP contribution in [0.15, 0.2) is 60.0 Å². The molecule has 1 saturated heterocycles. The first kappa shape index (κ1) is 27.0. The zero-order chi connectivity index (χ0) is 27.2. The van der Waals surface area contributed by atoms with Gasteiger partial charge in [0, 0.05) is 17.7 Å². The minimum Gasteiger partial charge on any atom is -0.491 e. The van der Waals surface area contributed by atoms with Gasteiger partial charge in [0.25, 0.3) is 5.91 Å². The number of aromatic nitrogens is 1. The van der Waals surface area contributed by atoms with E-state index in [1.807, 2.05) is 30.3 Å². The number of aliphatic hydroxyl groups excluding tert-OH is 1. The zero-order valence-electron chi connectivity index (χ0n) is 20.9. The Labute approximate surface area is 223 Å². The molecule has 10 nitrogen and oxygen atoms in total. The predicted molar refractivity (Wildman–Crippen MR) is 141 cm³/mol. The fraction of sp³-hybridized carbons (Fsp3) is 0.296. The number of nitrogens with zero attached hydrogens (tertiary/aromatic N) is 2. The number of imide groups is 1. The highest BCUT2D eigenvalue weighted by atomic mass is 32.1. The maximum atomic E-state index is 13.6. The Hall–Kier alpha value is -4.09. The average molecular weight is 537 g/mol. The maximum Gasteiger partial charge on any atom is 0.325 e. The number of hydrogen-bond acceptors (Lipinski definition) is 8. The molecule has 0 unspecified atom stereocenters. The van der Waals surface area contributed by atoms with Gasteiger partial charge in [-0.05, 0) is 23.3 Å². The number of ketones is 1. The van der Waals surface area contributed by atoms with Crippen molar-refractivity contribution in [1.82, 2.24) is 15.2 Å². The number of carbonyl (C=O) groups is 4. The third kappa shape index (κ3) is 5.74. The minimum absolute atomic E-state index is 0.131. The van der Waals surface area contributed by atoms with Crippen LogP contribution in [0.2, 0.25) is 0 Å². The van der Waals surface area contributed by atoms with Crippen LogP contribution < -0.4 is 15.4 Å². The van der Waals surface area contributed by atoms with Crippen molar-refractivity contribution in [3.8, 4) is 5.75 Å². The number of amides is 4. The first-order chi connectivity index (χ1) is 18.3. The molecule has 0 spiro atoms. The Morgan fingerprint density at radius 3 is 2.53 bits per heavy atom. The molecular weight excluding hydrogens is 508 g/mol. The Kier molecular flexibility index (Phi) is 8.49. The van der Waals surface area contributed by atoms with Gasteiger partial charge >= 0.3 is 6.03 Å². The summed E-state index contributed by atoms with van der Waals surface area (Å²) in [6.45, 7) is 3.50. The van der Waals surface area contributed by atoms with Crippen molar-refractivity contribution in [3.05, 3.63) is 76.8 Å². The summed E-state index contributed by atoms with van der Waals surface area (Å²) < 4.78 is 5.36. The van der Waals surface area contributed by atoms with E-state index >= 15 is 0 Å². The number of rotatable bonds is 11. The number of aliphatic hydroxyl groups is 1. The van der Waals surface area contributed by atoms with E-state index in [0.29, 0.717) is 11.3 Å². The van der Waals surface area contributed by atoms with Crippen molar-refractivity contribution in [2.75, 3.05) is 18.5 Å². The highest BCUT2D eigenvalue weighted by molar-refractivity contribution is 7.14. The number of thiazole rings is 1. The number of hydrogen-bond donors (Lipinski definition) is 3. The molecule has 1 aliphatic heterocycles. The topological polar surface area (TPSA) is 138 Å². The lowest BCUT2D eigenvalue weighted by atomic mass is 9.91. The highest BCUT2D eigenvalue weighted by Crippen LogP contribution is 2.32.